The van der Waals surface area contributed by atoms with Crippen LogP contribution in [0.25, 0.3) is 0 Å². The van der Waals surface area contributed by atoms with E-state index in [1.165, 1.54) is 0 Å². The number of nitrogens with zero attached hydrogens (tertiary/aromatic N) is 1. The molecule has 2 heterocycles. The molecule has 2 aliphatic heterocycles. The van der Waals surface area contributed by atoms with Gasteiger partial charge < -0.3 is 20.7 Å². The van der Waals surface area contributed by atoms with Crippen molar-refractivity contribution in [1.29, 1.82) is 0 Å². The zero-order chi connectivity index (χ0) is 15.9. The summed E-state index contributed by atoms with van der Waals surface area (Å²) in [4.78, 5) is 26.4. The number of benzene rings is 1. The molecule has 2 aliphatic rings. The van der Waals surface area contributed by atoms with Crippen molar-refractivity contribution in [1.82, 2.24) is 4.90 Å². The van der Waals surface area contributed by atoms with Crippen LogP contribution in [0.5, 0.6) is 5.75 Å². The lowest BCUT2D eigenvalue weighted by atomic mass is 10.1. The van der Waals surface area contributed by atoms with Crippen LogP contribution in [-0.2, 0) is 4.79 Å². The summed E-state index contributed by atoms with van der Waals surface area (Å²) < 4.78 is 5.66. The van der Waals surface area contributed by atoms with Crippen LogP contribution in [0.15, 0.2) is 18.2 Å². The highest BCUT2D eigenvalue weighted by Gasteiger charge is 2.35. The van der Waals surface area contributed by atoms with Gasteiger partial charge in [0.25, 0.3) is 11.8 Å². The van der Waals surface area contributed by atoms with Crippen molar-refractivity contribution in [2.75, 3.05) is 18.4 Å². The van der Waals surface area contributed by atoms with E-state index in [-0.39, 0.29) is 30.3 Å². The van der Waals surface area contributed by atoms with E-state index < -0.39 is 6.10 Å². The lowest BCUT2D eigenvalue weighted by Gasteiger charge is -2.27. The molecule has 2 amide bonds. The van der Waals surface area contributed by atoms with Crippen LogP contribution in [0.2, 0.25) is 0 Å². The van der Waals surface area contributed by atoms with Gasteiger partial charge in [-0.05, 0) is 44.9 Å². The maximum Gasteiger partial charge on any atom is 0.265 e. The lowest BCUT2D eigenvalue weighted by Crippen LogP contribution is -2.38. The van der Waals surface area contributed by atoms with Crippen LogP contribution in [0, 0.1) is 5.92 Å². The standard InChI is InChI=1S/C16H21N3O3.ClH/c1-9-6-11(7-17)8-19(9)16(21)12-4-3-5-13-14(12)22-10(2)15(20)18-13;/h3-5,9-11H,6-8,17H2,1-2H3,(H,18,20);1H. The number of anilines is 1. The van der Waals surface area contributed by atoms with E-state index in [4.69, 9.17) is 10.5 Å². The van der Waals surface area contributed by atoms with Gasteiger partial charge in [0.2, 0.25) is 0 Å². The van der Waals surface area contributed by atoms with Crippen molar-refractivity contribution in [3.05, 3.63) is 23.8 Å². The molecule has 0 saturated carbocycles. The van der Waals surface area contributed by atoms with Gasteiger partial charge in [-0.2, -0.15) is 0 Å². The summed E-state index contributed by atoms with van der Waals surface area (Å²) in [5, 5.41) is 2.77. The summed E-state index contributed by atoms with van der Waals surface area (Å²) >= 11 is 0. The second kappa shape index (κ2) is 6.76. The largest absolute Gasteiger partial charge is 0.478 e. The number of para-hydroxylation sites is 1. The predicted molar refractivity (Wildman–Crippen MR) is 90.1 cm³/mol. The van der Waals surface area contributed by atoms with Crippen molar-refractivity contribution in [2.45, 2.75) is 32.4 Å². The summed E-state index contributed by atoms with van der Waals surface area (Å²) in [6.45, 7) is 4.96. The van der Waals surface area contributed by atoms with Gasteiger partial charge in [0.05, 0.1) is 11.3 Å². The zero-order valence-electron chi connectivity index (χ0n) is 13.2. The minimum Gasteiger partial charge on any atom is -0.478 e. The molecule has 1 aromatic rings. The van der Waals surface area contributed by atoms with E-state index in [1.54, 1.807) is 25.1 Å². The molecule has 0 aliphatic carbocycles. The first-order valence-electron chi connectivity index (χ1n) is 7.62. The third-order valence-electron chi connectivity index (χ3n) is 4.42. The maximum atomic E-state index is 12.9. The number of nitrogens with two attached hydrogens (primary N) is 1. The van der Waals surface area contributed by atoms with Crippen molar-refractivity contribution >= 4 is 29.9 Å². The normalized spacial score (nSPS) is 26.0. The Morgan fingerprint density at radius 3 is 2.83 bits per heavy atom. The number of hydrogen-bond donors (Lipinski definition) is 2. The second-order valence-corrected chi connectivity index (χ2v) is 6.08. The Balaban J connectivity index is 0.00000192. The molecule has 3 atom stereocenters. The van der Waals surface area contributed by atoms with Crippen molar-refractivity contribution in [3.63, 3.8) is 0 Å². The van der Waals surface area contributed by atoms with E-state index >= 15 is 0 Å². The SMILES string of the molecule is CC1Oc2c(cccc2C(=O)N2CC(CN)CC2C)NC1=O.Cl. The summed E-state index contributed by atoms with van der Waals surface area (Å²) in [7, 11) is 0. The number of likely N-dealkylation sites (tertiary alicyclic amines) is 1. The Morgan fingerprint density at radius 1 is 1.43 bits per heavy atom. The fourth-order valence-corrected chi connectivity index (χ4v) is 3.15. The first-order valence-corrected chi connectivity index (χ1v) is 7.62. The van der Waals surface area contributed by atoms with Crippen LogP contribution in [0.3, 0.4) is 0 Å². The molecule has 1 fully saturated rings. The van der Waals surface area contributed by atoms with Crippen LogP contribution in [0.4, 0.5) is 5.69 Å². The van der Waals surface area contributed by atoms with Gasteiger partial charge >= 0.3 is 0 Å². The van der Waals surface area contributed by atoms with Crippen LogP contribution >= 0.6 is 12.4 Å². The van der Waals surface area contributed by atoms with Gasteiger partial charge in [-0.15, -0.1) is 12.4 Å². The van der Waals surface area contributed by atoms with Crippen molar-refractivity contribution in [3.8, 4) is 5.75 Å². The topological polar surface area (TPSA) is 84.7 Å². The highest BCUT2D eigenvalue weighted by molar-refractivity contribution is 6.04. The number of carbonyl (C=O) groups excluding carboxylic acids is 2. The average molecular weight is 340 g/mol. The molecule has 0 spiro atoms. The first kappa shape index (κ1) is 17.6. The fraction of sp³-hybridized carbons (Fsp3) is 0.500. The first-order chi connectivity index (χ1) is 10.5. The maximum absolute atomic E-state index is 12.9. The number of amides is 2. The van der Waals surface area contributed by atoms with Crippen molar-refractivity contribution < 1.29 is 14.3 Å². The molecular formula is C16H22ClN3O3. The number of nitrogens with one attached hydrogen (secondary N) is 1. The third-order valence-corrected chi connectivity index (χ3v) is 4.42. The molecule has 1 aromatic carbocycles. The van der Waals surface area contributed by atoms with Gasteiger partial charge in [-0.1, -0.05) is 6.07 Å². The molecule has 6 nitrogen and oxygen atoms in total. The number of fused-ring (bicyclic) bond motifs is 1. The van der Waals surface area contributed by atoms with Gasteiger partial charge in [-0.25, -0.2) is 0 Å². The lowest BCUT2D eigenvalue weighted by molar-refractivity contribution is -0.122. The molecule has 0 aromatic heterocycles. The number of carbonyl (C=O) groups is 2. The zero-order valence-corrected chi connectivity index (χ0v) is 14.1. The Labute approximate surface area is 141 Å². The minimum atomic E-state index is -0.603. The van der Waals surface area contributed by atoms with E-state index in [2.05, 4.69) is 5.32 Å². The Bertz CT molecular complexity index is 623. The van der Waals surface area contributed by atoms with Crippen LogP contribution in [0.1, 0.15) is 30.6 Å². The molecule has 3 N–H and O–H groups in total. The summed E-state index contributed by atoms with van der Waals surface area (Å²) in [6.07, 6.45) is 0.319. The smallest absolute Gasteiger partial charge is 0.265 e. The number of ether oxygens (including phenoxy) is 1. The van der Waals surface area contributed by atoms with E-state index in [9.17, 15) is 9.59 Å². The Morgan fingerprint density at radius 2 is 2.17 bits per heavy atom. The van der Waals surface area contributed by atoms with Gasteiger partial charge in [0, 0.05) is 12.6 Å². The quantitative estimate of drug-likeness (QED) is 0.857. The van der Waals surface area contributed by atoms with Gasteiger partial charge in [-0.3, -0.25) is 9.59 Å². The third kappa shape index (κ3) is 3.14. The molecule has 0 bridgehead atoms. The Hall–Kier alpha value is -1.79. The van der Waals surface area contributed by atoms with E-state index in [0.717, 1.165) is 6.42 Å². The Kier molecular flexibility index (Phi) is 5.16. The van der Waals surface area contributed by atoms with E-state index in [1.807, 2.05) is 11.8 Å². The molecule has 0 radical (unpaired) electrons. The molecule has 7 heteroatoms. The number of hydrogen-bond acceptors (Lipinski definition) is 4. The van der Waals surface area contributed by atoms with E-state index in [0.29, 0.717) is 36.0 Å². The molecule has 126 valence electrons. The van der Waals surface area contributed by atoms with Crippen LogP contribution < -0.4 is 15.8 Å². The van der Waals surface area contributed by atoms with Crippen LogP contribution in [-0.4, -0.2) is 41.9 Å². The average Bonchev–Trinajstić information content (AvgIpc) is 2.88. The van der Waals surface area contributed by atoms with Gasteiger partial charge in [0.15, 0.2) is 11.9 Å². The molecule has 3 unspecified atom stereocenters. The minimum absolute atomic E-state index is 0. The highest BCUT2D eigenvalue weighted by Crippen LogP contribution is 2.35. The summed E-state index contributed by atoms with van der Waals surface area (Å²) in [5.41, 5.74) is 6.78. The number of halogens is 1. The molecular weight excluding hydrogens is 318 g/mol. The monoisotopic (exact) mass is 339 g/mol. The van der Waals surface area contributed by atoms with Gasteiger partial charge in [0.1, 0.15) is 0 Å². The molecule has 1 saturated heterocycles. The molecule has 3 rings (SSSR count). The summed E-state index contributed by atoms with van der Waals surface area (Å²) in [6, 6.07) is 5.40. The summed E-state index contributed by atoms with van der Waals surface area (Å²) in [5.74, 6) is 0.541. The molecule has 23 heavy (non-hydrogen) atoms. The predicted octanol–water partition coefficient (Wildman–Crippen LogP) is 1.64. The highest BCUT2D eigenvalue weighted by atomic mass is 35.5. The second-order valence-electron chi connectivity index (χ2n) is 6.08. The number of rotatable bonds is 2. The van der Waals surface area contributed by atoms with Crippen molar-refractivity contribution in [2.24, 2.45) is 11.7 Å². The fourth-order valence-electron chi connectivity index (χ4n) is 3.15.